The van der Waals surface area contributed by atoms with Gasteiger partial charge in [0.1, 0.15) is 0 Å². The normalized spacial score (nSPS) is 23.1. The van der Waals surface area contributed by atoms with Gasteiger partial charge in [-0.25, -0.2) is 8.42 Å². The summed E-state index contributed by atoms with van der Waals surface area (Å²) < 4.78 is 23.3. The minimum absolute atomic E-state index is 0.000857. The van der Waals surface area contributed by atoms with E-state index < -0.39 is 9.84 Å². The van der Waals surface area contributed by atoms with Crippen molar-refractivity contribution >= 4 is 44.7 Å². The van der Waals surface area contributed by atoms with Crippen molar-refractivity contribution in [3.63, 3.8) is 0 Å². The Bertz CT molecular complexity index is 951. The van der Waals surface area contributed by atoms with E-state index in [-0.39, 0.29) is 40.6 Å². The first-order valence-corrected chi connectivity index (χ1v) is 11.6. The molecule has 9 heteroatoms. The minimum atomic E-state index is -3.06. The van der Waals surface area contributed by atoms with Crippen molar-refractivity contribution in [2.45, 2.75) is 32.4 Å². The Labute approximate surface area is 168 Å². The molecule has 0 saturated carbocycles. The van der Waals surface area contributed by atoms with E-state index in [4.69, 9.17) is 0 Å². The molecular weight excluding hydrogens is 400 g/mol. The summed E-state index contributed by atoms with van der Waals surface area (Å²) in [6.45, 7) is 3.57. The minimum Gasteiger partial charge on any atom is -0.338 e. The van der Waals surface area contributed by atoms with Gasteiger partial charge in [0.15, 0.2) is 9.84 Å². The van der Waals surface area contributed by atoms with Gasteiger partial charge in [-0.15, -0.1) is 0 Å². The second-order valence-corrected chi connectivity index (χ2v) is 10.5. The number of sulfone groups is 1. The topological polar surface area (TPSA) is 91.8 Å². The quantitative estimate of drug-likeness (QED) is 0.692. The summed E-state index contributed by atoms with van der Waals surface area (Å²) in [5.41, 5.74) is 1.15. The van der Waals surface area contributed by atoms with Crippen LogP contribution in [0, 0.1) is 0 Å². The zero-order chi connectivity index (χ0) is 20.6. The van der Waals surface area contributed by atoms with Gasteiger partial charge in [-0.2, -0.15) is 0 Å². The maximum absolute atomic E-state index is 12.6. The van der Waals surface area contributed by atoms with E-state index in [0.717, 1.165) is 11.8 Å². The molecule has 2 saturated heterocycles. The van der Waals surface area contributed by atoms with Gasteiger partial charge in [0.2, 0.25) is 0 Å². The van der Waals surface area contributed by atoms with E-state index in [0.29, 0.717) is 22.5 Å². The average molecular weight is 423 g/mol. The third-order valence-corrected chi connectivity index (χ3v) is 7.51. The van der Waals surface area contributed by atoms with Crippen molar-refractivity contribution in [1.82, 2.24) is 9.80 Å². The largest absolute Gasteiger partial charge is 0.338 e. The first kappa shape index (κ1) is 20.6. The van der Waals surface area contributed by atoms with Crippen LogP contribution in [0.5, 0.6) is 0 Å². The van der Waals surface area contributed by atoms with Gasteiger partial charge in [-0.1, -0.05) is 12.1 Å². The number of nitrogens with zero attached hydrogens (tertiary/aromatic N) is 2. The summed E-state index contributed by atoms with van der Waals surface area (Å²) in [6, 6.07) is 6.18. The first-order valence-electron chi connectivity index (χ1n) is 8.94. The lowest BCUT2D eigenvalue weighted by atomic mass is 10.1. The van der Waals surface area contributed by atoms with Gasteiger partial charge in [0.25, 0.3) is 17.1 Å². The molecular formula is C19H22N2O5S2. The van der Waals surface area contributed by atoms with Gasteiger partial charge >= 0.3 is 0 Å². The molecule has 0 radical (unpaired) electrons. The molecule has 1 unspecified atom stereocenters. The average Bonchev–Trinajstić information content (AvgIpc) is 3.13. The second-order valence-electron chi connectivity index (χ2n) is 7.24. The van der Waals surface area contributed by atoms with Crippen LogP contribution in [0.2, 0.25) is 0 Å². The molecule has 3 rings (SSSR count). The number of benzene rings is 1. The van der Waals surface area contributed by atoms with Crippen LogP contribution in [-0.2, 0) is 14.6 Å². The summed E-state index contributed by atoms with van der Waals surface area (Å²) in [5, 5.41) is -0.286. The van der Waals surface area contributed by atoms with Crippen LogP contribution in [0.3, 0.4) is 0 Å². The van der Waals surface area contributed by atoms with Crippen LogP contribution in [0.4, 0.5) is 4.79 Å². The molecule has 3 amide bonds. The van der Waals surface area contributed by atoms with Crippen LogP contribution in [0.25, 0.3) is 6.08 Å². The van der Waals surface area contributed by atoms with Crippen molar-refractivity contribution in [1.29, 1.82) is 0 Å². The summed E-state index contributed by atoms with van der Waals surface area (Å²) >= 11 is 0.903. The predicted molar refractivity (Wildman–Crippen MR) is 109 cm³/mol. The molecule has 1 aromatic rings. The molecule has 0 aliphatic carbocycles. The highest BCUT2D eigenvalue weighted by atomic mass is 32.2. The number of carbonyl (C=O) groups excluding carboxylic acids is 3. The van der Waals surface area contributed by atoms with Gasteiger partial charge in [-0.05, 0) is 55.8 Å². The standard InChI is InChI=1S/C19H22N2O5S2/c1-12(2)21-18(23)16(27-19(21)24)10-13-4-6-14(7-5-13)17(22)20(3)15-8-9-28(25,26)11-15/h4-7,10,12,15H,8-9,11H2,1-3H3. The van der Waals surface area contributed by atoms with E-state index in [2.05, 4.69) is 0 Å². The van der Waals surface area contributed by atoms with Gasteiger partial charge < -0.3 is 4.90 Å². The zero-order valence-electron chi connectivity index (χ0n) is 15.9. The molecule has 28 heavy (non-hydrogen) atoms. The molecule has 2 aliphatic rings. The fraction of sp³-hybridized carbons (Fsp3) is 0.421. The molecule has 1 aromatic carbocycles. The fourth-order valence-corrected chi connectivity index (χ4v) is 5.98. The molecule has 2 fully saturated rings. The third-order valence-electron chi connectivity index (χ3n) is 4.87. The Balaban J connectivity index is 1.73. The number of thioether (sulfide) groups is 1. The van der Waals surface area contributed by atoms with E-state index in [1.165, 1.54) is 9.80 Å². The van der Waals surface area contributed by atoms with Crippen LogP contribution < -0.4 is 0 Å². The lowest BCUT2D eigenvalue weighted by Gasteiger charge is -2.23. The van der Waals surface area contributed by atoms with Crippen LogP contribution in [0.15, 0.2) is 29.2 Å². The third kappa shape index (κ3) is 4.15. The molecule has 0 N–H and O–H groups in total. The number of hydrogen-bond donors (Lipinski definition) is 0. The Kier molecular flexibility index (Phi) is 5.67. The molecule has 1 atom stereocenters. The number of hydrogen-bond acceptors (Lipinski definition) is 6. The van der Waals surface area contributed by atoms with E-state index in [1.807, 2.05) is 0 Å². The number of rotatable bonds is 4. The first-order chi connectivity index (χ1) is 13.1. The monoisotopic (exact) mass is 422 g/mol. The summed E-state index contributed by atoms with van der Waals surface area (Å²) in [6.07, 6.45) is 2.09. The van der Waals surface area contributed by atoms with Gasteiger partial charge in [0.05, 0.1) is 16.4 Å². The Hall–Kier alpha value is -2.13. The van der Waals surface area contributed by atoms with Crippen molar-refractivity contribution in [3.8, 4) is 0 Å². The molecule has 0 bridgehead atoms. The molecule has 2 aliphatic heterocycles. The maximum atomic E-state index is 12.6. The van der Waals surface area contributed by atoms with Crippen LogP contribution in [-0.4, -0.2) is 65.9 Å². The highest BCUT2D eigenvalue weighted by Gasteiger charge is 2.36. The fourth-order valence-electron chi connectivity index (χ4n) is 3.25. The summed E-state index contributed by atoms with van der Waals surface area (Å²) in [7, 11) is -1.45. The van der Waals surface area contributed by atoms with Crippen molar-refractivity contribution in [2.24, 2.45) is 0 Å². The zero-order valence-corrected chi connectivity index (χ0v) is 17.5. The Morgan fingerprint density at radius 2 is 1.89 bits per heavy atom. The van der Waals surface area contributed by atoms with Crippen LogP contribution in [0.1, 0.15) is 36.2 Å². The van der Waals surface area contributed by atoms with Gasteiger partial charge in [-0.3, -0.25) is 19.3 Å². The number of carbonyl (C=O) groups is 3. The lowest BCUT2D eigenvalue weighted by Crippen LogP contribution is -2.37. The van der Waals surface area contributed by atoms with Crippen molar-refractivity contribution in [2.75, 3.05) is 18.6 Å². The number of amides is 3. The lowest BCUT2D eigenvalue weighted by molar-refractivity contribution is -0.123. The Morgan fingerprint density at radius 1 is 1.25 bits per heavy atom. The van der Waals surface area contributed by atoms with Gasteiger partial charge in [0, 0.05) is 24.7 Å². The molecule has 0 aromatic heterocycles. The predicted octanol–water partition coefficient (Wildman–Crippen LogP) is 2.39. The van der Waals surface area contributed by atoms with Crippen molar-refractivity contribution < 1.29 is 22.8 Å². The highest BCUT2D eigenvalue weighted by molar-refractivity contribution is 8.18. The number of imide groups is 1. The molecule has 2 heterocycles. The maximum Gasteiger partial charge on any atom is 0.293 e. The summed E-state index contributed by atoms with van der Waals surface area (Å²) in [5.74, 6) is -0.445. The molecule has 150 valence electrons. The SMILES string of the molecule is CC(C)N1C(=O)SC(=Cc2ccc(C(=O)N(C)C3CCS(=O)(=O)C3)cc2)C1=O. The van der Waals surface area contributed by atoms with E-state index >= 15 is 0 Å². The summed E-state index contributed by atoms with van der Waals surface area (Å²) in [4.78, 5) is 40.0. The van der Waals surface area contributed by atoms with E-state index in [9.17, 15) is 22.8 Å². The molecule has 0 spiro atoms. The van der Waals surface area contributed by atoms with E-state index in [1.54, 1.807) is 51.2 Å². The smallest absolute Gasteiger partial charge is 0.293 e. The van der Waals surface area contributed by atoms with Crippen molar-refractivity contribution in [3.05, 3.63) is 40.3 Å². The van der Waals surface area contributed by atoms with Crippen LogP contribution >= 0.6 is 11.8 Å². The molecule has 7 nitrogen and oxygen atoms in total. The second kappa shape index (κ2) is 7.71. The Morgan fingerprint density at radius 3 is 2.39 bits per heavy atom. The highest BCUT2D eigenvalue weighted by Crippen LogP contribution is 2.33.